The van der Waals surface area contributed by atoms with E-state index in [9.17, 15) is 0 Å². The third kappa shape index (κ3) is 3.60. The first-order valence-corrected chi connectivity index (χ1v) is 10.1. The van der Waals surface area contributed by atoms with Crippen molar-refractivity contribution in [3.05, 3.63) is 59.7 Å². The molecule has 3 aromatic rings. The predicted molar refractivity (Wildman–Crippen MR) is 106 cm³/mol. The van der Waals surface area contributed by atoms with Gasteiger partial charge >= 0.3 is 0 Å². The van der Waals surface area contributed by atoms with E-state index in [1.807, 2.05) is 24.3 Å². The lowest BCUT2D eigenvalue weighted by molar-refractivity contribution is -0.0441. The summed E-state index contributed by atoms with van der Waals surface area (Å²) < 4.78 is 16.6. The summed E-state index contributed by atoms with van der Waals surface area (Å²) in [4.78, 5) is 4.58. The van der Waals surface area contributed by atoms with Gasteiger partial charge in [-0.15, -0.1) is 0 Å². The maximum atomic E-state index is 5.53. The summed E-state index contributed by atoms with van der Waals surface area (Å²) >= 11 is 0. The van der Waals surface area contributed by atoms with Crippen molar-refractivity contribution >= 4 is 0 Å². The molecule has 1 aliphatic carbocycles. The average Bonchev–Trinajstić information content (AvgIpc) is 3.47. The van der Waals surface area contributed by atoms with E-state index in [2.05, 4.69) is 34.4 Å². The van der Waals surface area contributed by atoms with E-state index in [0.29, 0.717) is 30.8 Å². The molecule has 0 unspecified atom stereocenters. The van der Waals surface area contributed by atoms with Crippen molar-refractivity contribution in [2.75, 3.05) is 13.2 Å². The number of hydrogen-bond acceptors (Lipinski definition) is 5. The Balaban J connectivity index is 1.31. The van der Waals surface area contributed by atoms with Crippen LogP contribution >= 0.6 is 0 Å². The van der Waals surface area contributed by atoms with E-state index in [1.165, 1.54) is 37.7 Å². The molecule has 0 radical (unpaired) electrons. The summed E-state index contributed by atoms with van der Waals surface area (Å²) in [6.45, 7) is 1.28. The molecular weight excluding hydrogens is 352 g/mol. The van der Waals surface area contributed by atoms with Crippen molar-refractivity contribution in [1.29, 1.82) is 0 Å². The van der Waals surface area contributed by atoms with Crippen molar-refractivity contribution in [2.24, 2.45) is 0 Å². The molecule has 2 fully saturated rings. The molecule has 2 aromatic carbocycles. The minimum absolute atomic E-state index is 0.266. The number of nitrogens with zero attached hydrogens (tertiary/aromatic N) is 2. The summed E-state index contributed by atoms with van der Waals surface area (Å²) in [6.07, 6.45) is 6.40. The Bertz CT molecular complexity index is 906. The highest BCUT2D eigenvalue weighted by Gasteiger charge is 2.19. The molecule has 0 bridgehead atoms. The molecule has 0 amide bonds. The molecule has 2 heterocycles. The summed E-state index contributed by atoms with van der Waals surface area (Å²) in [6, 6.07) is 16.5. The lowest BCUT2D eigenvalue weighted by atomic mass is 9.84. The Kier molecular flexibility index (Phi) is 4.93. The number of benzene rings is 2. The van der Waals surface area contributed by atoms with Gasteiger partial charge in [0.1, 0.15) is 0 Å². The summed E-state index contributed by atoms with van der Waals surface area (Å²) in [7, 11) is 0. The van der Waals surface area contributed by atoms with Crippen LogP contribution in [0.3, 0.4) is 0 Å². The Morgan fingerprint density at radius 1 is 0.714 bits per heavy atom. The molecule has 1 saturated heterocycles. The molecule has 5 nitrogen and oxygen atoms in total. The average molecular weight is 376 g/mol. The van der Waals surface area contributed by atoms with E-state index < -0.39 is 0 Å². The molecule has 0 N–H and O–H groups in total. The standard InChI is InChI=1S/C23H24N2O3/c1-2-4-16(5-3-1)17-6-10-19(11-7-17)22-24-21(25-28-22)18-8-12-20(13-9-18)23-26-14-15-27-23/h6-13,16,23H,1-5,14-15H2. The molecule has 1 saturated carbocycles. The summed E-state index contributed by atoms with van der Waals surface area (Å²) in [5.74, 6) is 1.84. The van der Waals surface area contributed by atoms with Crippen LogP contribution in [-0.2, 0) is 9.47 Å². The van der Waals surface area contributed by atoms with Gasteiger partial charge in [-0.05, 0) is 36.5 Å². The van der Waals surface area contributed by atoms with Gasteiger partial charge in [-0.3, -0.25) is 0 Å². The van der Waals surface area contributed by atoms with Crippen LogP contribution in [0.4, 0.5) is 0 Å². The quantitative estimate of drug-likeness (QED) is 0.602. The van der Waals surface area contributed by atoms with Gasteiger partial charge in [-0.1, -0.05) is 60.8 Å². The minimum atomic E-state index is -0.266. The van der Waals surface area contributed by atoms with Gasteiger partial charge in [0, 0.05) is 16.7 Å². The Morgan fingerprint density at radius 2 is 1.36 bits per heavy atom. The zero-order chi connectivity index (χ0) is 18.8. The van der Waals surface area contributed by atoms with Crippen molar-refractivity contribution < 1.29 is 14.0 Å². The highest BCUT2D eigenvalue weighted by molar-refractivity contribution is 5.60. The molecule has 28 heavy (non-hydrogen) atoms. The van der Waals surface area contributed by atoms with E-state index in [0.717, 1.165) is 16.7 Å². The van der Waals surface area contributed by atoms with Crippen LogP contribution in [0.25, 0.3) is 22.8 Å². The second-order valence-electron chi connectivity index (χ2n) is 7.58. The van der Waals surface area contributed by atoms with Crippen LogP contribution in [0.2, 0.25) is 0 Å². The first kappa shape index (κ1) is 17.6. The fourth-order valence-corrected chi connectivity index (χ4v) is 4.13. The number of hydrogen-bond donors (Lipinski definition) is 0. The van der Waals surface area contributed by atoms with Crippen molar-refractivity contribution in [3.63, 3.8) is 0 Å². The summed E-state index contributed by atoms with van der Waals surface area (Å²) in [5, 5.41) is 4.15. The maximum absolute atomic E-state index is 5.53. The SMILES string of the molecule is c1cc(C2OCCO2)ccc1-c1noc(-c2ccc(C3CCCCC3)cc2)n1. The van der Waals surface area contributed by atoms with Gasteiger partial charge in [0.15, 0.2) is 6.29 Å². The van der Waals surface area contributed by atoms with E-state index in [-0.39, 0.29) is 6.29 Å². The lowest BCUT2D eigenvalue weighted by Crippen LogP contribution is -2.04. The van der Waals surface area contributed by atoms with Crippen LogP contribution in [-0.4, -0.2) is 23.4 Å². The van der Waals surface area contributed by atoms with Gasteiger partial charge in [0.05, 0.1) is 13.2 Å². The largest absolute Gasteiger partial charge is 0.346 e. The molecule has 1 aromatic heterocycles. The van der Waals surface area contributed by atoms with Crippen LogP contribution in [0.1, 0.15) is 55.4 Å². The number of rotatable bonds is 4. The van der Waals surface area contributed by atoms with Crippen LogP contribution in [0.15, 0.2) is 53.1 Å². The normalized spacial score (nSPS) is 18.6. The fourth-order valence-electron chi connectivity index (χ4n) is 4.13. The molecule has 0 spiro atoms. The molecule has 2 aliphatic rings. The topological polar surface area (TPSA) is 57.4 Å². The van der Waals surface area contributed by atoms with E-state index >= 15 is 0 Å². The third-order valence-electron chi connectivity index (χ3n) is 5.72. The van der Waals surface area contributed by atoms with Crippen molar-refractivity contribution in [1.82, 2.24) is 10.1 Å². The smallest absolute Gasteiger partial charge is 0.258 e. The zero-order valence-electron chi connectivity index (χ0n) is 15.8. The predicted octanol–water partition coefficient (Wildman–Crippen LogP) is 5.50. The van der Waals surface area contributed by atoms with Gasteiger partial charge in [0.2, 0.25) is 5.82 Å². The molecule has 5 heteroatoms. The Labute approximate surface area is 164 Å². The maximum Gasteiger partial charge on any atom is 0.258 e. The van der Waals surface area contributed by atoms with Crippen molar-refractivity contribution in [2.45, 2.75) is 44.3 Å². The monoisotopic (exact) mass is 376 g/mol. The Hall–Kier alpha value is -2.50. The molecule has 5 rings (SSSR count). The lowest BCUT2D eigenvalue weighted by Gasteiger charge is -2.21. The zero-order valence-corrected chi connectivity index (χ0v) is 15.8. The number of ether oxygens (including phenoxy) is 2. The van der Waals surface area contributed by atoms with Crippen LogP contribution in [0.5, 0.6) is 0 Å². The van der Waals surface area contributed by atoms with E-state index in [4.69, 9.17) is 14.0 Å². The highest BCUT2D eigenvalue weighted by atomic mass is 16.7. The Morgan fingerprint density at radius 3 is 2.07 bits per heavy atom. The second-order valence-corrected chi connectivity index (χ2v) is 7.58. The minimum Gasteiger partial charge on any atom is -0.346 e. The molecule has 0 atom stereocenters. The van der Waals surface area contributed by atoms with Gasteiger partial charge in [-0.2, -0.15) is 4.98 Å². The third-order valence-corrected chi connectivity index (χ3v) is 5.72. The van der Waals surface area contributed by atoms with Gasteiger partial charge in [0.25, 0.3) is 5.89 Å². The molecule has 144 valence electrons. The summed E-state index contributed by atoms with van der Waals surface area (Å²) in [5.41, 5.74) is 4.30. The second kappa shape index (κ2) is 7.86. The fraction of sp³-hybridized carbons (Fsp3) is 0.391. The van der Waals surface area contributed by atoms with E-state index in [1.54, 1.807) is 0 Å². The van der Waals surface area contributed by atoms with Gasteiger partial charge in [-0.25, -0.2) is 0 Å². The van der Waals surface area contributed by atoms with Gasteiger partial charge < -0.3 is 14.0 Å². The van der Waals surface area contributed by atoms with Crippen LogP contribution < -0.4 is 0 Å². The first-order chi connectivity index (χ1) is 13.9. The molecule has 1 aliphatic heterocycles. The first-order valence-electron chi connectivity index (χ1n) is 10.1. The highest BCUT2D eigenvalue weighted by Crippen LogP contribution is 2.33. The number of aromatic nitrogens is 2. The molecular formula is C23H24N2O3. The van der Waals surface area contributed by atoms with Crippen LogP contribution in [0, 0.1) is 0 Å². The van der Waals surface area contributed by atoms with Crippen molar-refractivity contribution in [3.8, 4) is 22.8 Å².